The molecule has 2 rings (SSSR count). The number of benzene rings is 1. The van der Waals surface area contributed by atoms with Crippen molar-refractivity contribution >= 4 is 25.8 Å². The molecule has 0 aliphatic carbocycles. The summed E-state index contributed by atoms with van der Waals surface area (Å²) < 4.78 is 29.3. The summed E-state index contributed by atoms with van der Waals surface area (Å²) in [6.07, 6.45) is 1.33. The first-order chi connectivity index (χ1) is 9.00. The van der Waals surface area contributed by atoms with E-state index in [9.17, 15) is 8.42 Å². The molecule has 0 aliphatic heterocycles. The molecule has 1 aromatic heterocycles. The van der Waals surface area contributed by atoms with Crippen LogP contribution in [0.1, 0.15) is 5.69 Å². The van der Waals surface area contributed by atoms with E-state index in [2.05, 4.69) is 20.9 Å². The lowest BCUT2D eigenvalue weighted by Gasteiger charge is -1.98. The van der Waals surface area contributed by atoms with E-state index in [0.29, 0.717) is 11.6 Å². The first-order valence-corrected chi connectivity index (χ1v) is 8.13. The van der Waals surface area contributed by atoms with Crippen molar-refractivity contribution in [3.63, 3.8) is 0 Å². The quantitative estimate of drug-likeness (QED) is 0.896. The van der Waals surface area contributed by atoms with E-state index in [-0.39, 0.29) is 18.1 Å². The van der Waals surface area contributed by atoms with Crippen LogP contribution in [-0.4, -0.2) is 30.9 Å². The van der Waals surface area contributed by atoms with Crippen LogP contribution in [0.25, 0.3) is 11.5 Å². The van der Waals surface area contributed by atoms with Crippen LogP contribution in [0.15, 0.2) is 39.4 Å². The zero-order valence-corrected chi connectivity index (χ0v) is 12.3. The van der Waals surface area contributed by atoms with Gasteiger partial charge in [-0.05, 0) is 24.3 Å². The second kappa shape index (κ2) is 5.85. The molecule has 0 bridgehead atoms. The topological polar surface area (TPSA) is 80.4 Å². The Hall–Kier alpha value is -1.18. The maximum absolute atomic E-state index is 11.5. The third-order valence-electron chi connectivity index (χ3n) is 2.41. The molecule has 1 N–H and O–H groups in total. The molecule has 0 atom stereocenters. The van der Waals surface area contributed by atoms with Crippen molar-refractivity contribution in [2.75, 3.05) is 12.4 Å². The molecule has 0 saturated heterocycles. The highest BCUT2D eigenvalue weighted by Gasteiger charge is 2.15. The molecule has 0 spiro atoms. The molecule has 102 valence electrons. The van der Waals surface area contributed by atoms with E-state index in [4.69, 9.17) is 9.52 Å². The van der Waals surface area contributed by atoms with Crippen LogP contribution in [0.3, 0.4) is 0 Å². The van der Waals surface area contributed by atoms with E-state index in [0.717, 1.165) is 10.0 Å². The molecule has 0 radical (unpaired) electrons. The Morgan fingerprint density at radius 3 is 2.58 bits per heavy atom. The van der Waals surface area contributed by atoms with Gasteiger partial charge in [-0.3, -0.25) is 0 Å². The monoisotopic (exact) mass is 345 g/mol. The molecule has 7 heteroatoms. The summed E-state index contributed by atoms with van der Waals surface area (Å²) in [5.74, 6) is -0.122. The van der Waals surface area contributed by atoms with Crippen molar-refractivity contribution in [1.82, 2.24) is 4.98 Å². The van der Waals surface area contributed by atoms with E-state index >= 15 is 0 Å². The fourth-order valence-electron chi connectivity index (χ4n) is 1.53. The van der Waals surface area contributed by atoms with Crippen LogP contribution in [0, 0.1) is 0 Å². The molecule has 1 aromatic carbocycles. The average Bonchev–Trinajstić information content (AvgIpc) is 2.77. The zero-order valence-electron chi connectivity index (χ0n) is 9.91. The van der Waals surface area contributed by atoms with Crippen LogP contribution in [0.5, 0.6) is 0 Å². The summed E-state index contributed by atoms with van der Waals surface area (Å²) in [7, 11) is -3.34. The number of hydrogen-bond acceptors (Lipinski definition) is 5. The molecule has 0 amide bonds. The molecule has 0 saturated carbocycles. The Morgan fingerprint density at radius 1 is 1.26 bits per heavy atom. The van der Waals surface area contributed by atoms with E-state index in [1.807, 2.05) is 24.3 Å². The second-order valence-electron chi connectivity index (χ2n) is 3.97. The molecular formula is C12H12BrNO4S. The maximum Gasteiger partial charge on any atom is 0.226 e. The van der Waals surface area contributed by atoms with Gasteiger partial charge in [-0.25, -0.2) is 13.4 Å². The first-order valence-electron chi connectivity index (χ1n) is 5.52. The second-order valence-corrected chi connectivity index (χ2v) is 7.07. The number of hydrogen-bond donors (Lipinski definition) is 1. The van der Waals surface area contributed by atoms with Crippen molar-refractivity contribution in [3.05, 3.63) is 40.7 Å². The largest absolute Gasteiger partial charge is 0.444 e. The minimum Gasteiger partial charge on any atom is -0.444 e. The Morgan fingerprint density at radius 2 is 1.95 bits per heavy atom. The van der Waals surface area contributed by atoms with E-state index in [1.54, 1.807) is 0 Å². The van der Waals surface area contributed by atoms with Gasteiger partial charge in [0.25, 0.3) is 0 Å². The van der Waals surface area contributed by atoms with Crippen molar-refractivity contribution in [2.45, 2.75) is 5.75 Å². The highest BCUT2D eigenvalue weighted by molar-refractivity contribution is 9.10. The lowest BCUT2D eigenvalue weighted by Crippen LogP contribution is -2.12. The predicted molar refractivity (Wildman–Crippen MR) is 74.2 cm³/mol. The zero-order chi connectivity index (χ0) is 13.9. The number of rotatable bonds is 5. The summed E-state index contributed by atoms with van der Waals surface area (Å²) in [4.78, 5) is 4.13. The van der Waals surface area contributed by atoms with Gasteiger partial charge in [0.15, 0.2) is 9.84 Å². The number of nitrogens with zero attached hydrogens (tertiary/aromatic N) is 1. The third-order valence-corrected chi connectivity index (χ3v) is 4.48. The van der Waals surface area contributed by atoms with Gasteiger partial charge in [0, 0.05) is 10.0 Å². The van der Waals surface area contributed by atoms with E-state index in [1.165, 1.54) is 6.26 Å². The minimum atomic E-state index is -3.34. The highest BCUT2D eigenvalue weighted by Crippen LogP contribution is 2.21. The predicted octanol–water partition coefficient (Wildman–Crippen LogP) is 2.01. The van der Waals surface area contributed by atoms with Gasteiger partial charge >= 0.3 is 0 Å². The molecule has 19 heavy (non-hydrogen) atoms. The lowest BCUT2D eigenvalue weighted by atomic mass is 10.2. The number of oxazole rings is 1. The van der Waals surface area contributed by atoms with Crippen LogP contribution < -0.4 is 0 Å². The molecule has 5 nitrogen and oxygen atoms in total. The first kappa shape index (κ1) is 14.2. The minimum absolute atomic E-state index is 0.229. The Labute approximate surface area is 119 Å². The Bertz CT molecular complexity index is 649. The summed E-state index contributed by atoms with van der Waals surface area (Å²) in [5.41, 5.74) is 1.11. The standard InChI is InChI=1S/C12H12BrNO4S/c13-10-3-1-9(2-4-10)12-14-11(7-18-12)8-19(16,17)6-5-15/h1-4,7,15H,5-6,8H2. The summed E-state index contributed by atoms with van der Waals surface area (Å²) >= 11 is 3.33. The number of aromatic nitrogens is 1. The van der Waals surface area contributed by atoms with Gasteiger partial charge in [0.05, 0.1) is 23.8 Å². The van der Waals surface area contributed by atoms with Crippen LogP contribution in [0.4, 0.5) is 0 Å². The molecule has 0 aliphatic rings. The SMILES string of the molecule is O=S(=O)(CCO)Cc1coc(-c2ccc(Br)cc2)n1. The average molecular weight is 346 g/mol. The van der Waals surface area contributed by atoms with Crippen molar-refractivity contribution in [2.24, 2.45) is 0 Å². The van der Waals surface area contributed by atoms with Crippen LogP contribution >= 0.6 is 15.9 Å². The van der Waals surface area contributed by atoms with E-state index < -0.39 is 9.84 Å². The smallest absolute Gasteiger partial charge is 0.226 e. The van der Waals surface area contributed by atoms with Crippen LogP contribution in [0.2, 0.25) is 0 Å². The number of sulfone groups is 1. The van der Waals surface area contributed by atoms with Crippen LogP contribution in [-0.2, 0) is 15.6 Å². The number of aliphatic hydroxyl groups is 1. The summed E-state index contributed by atoms with van der Waals surface area (Å²) in [6.45, 7) is -0.389. The number of aliphatic hydroxyl groups excluding tert-OH is 1. The molecule has 0 fully saturated rings. The normalized spacial score (nSPS) is 11.7. The molecular weight excluding hydrogens is 334 g/mol. The number of halogens is 1. The van der Waals surface area contributed by atoms with Crippen molar-refractivity contribution in [3.8, 4) is 11.5 Å². The van der Waals surface area contributed by atoms with Gasteiger partial charge in [-0.15, -0.1) is 0 Å². The molecule has 2 aromatic rings. The van der Waals surface area contributed by atoms with Gasteiger partial charge in [-0.1, -0.05) is 15.9 Å². The van der Waals surface area contributed by atoms with Gasteiger partial charge in [0.2, 0.25) is 5.89 Å². The fourth-order valence-corrected chi connectivity index (χ4v) is 2.80. The van der Waals surface area contributed by atoms with Gasteiger partial charge in [-0.2, -0.15) is 0 Å². The molecule has 1 heterocycles. The maximum atomic E-state index is 11.5. The van der Waals surface area contributed by atoms with Gasteiger partial charge in [0.1, 0.15) is 6.26 Å². The molecule has 0 unspecified atom stereocenters. The Balaban J connectivity index is 2.18. The van der Waals surface area contributed by atoms with Crippen molar-refractivity contribution < 1.29 is 17.9 Å². The van der Waals surface area contributed by atoms with Crippen molar-refractivity contribution in [1.29, 1.82) is 0 Å². The van der Waals surface area contributed by atoms with Gasteiger partial charge < -0.3 is 9.52 Å². The summed E-state index contributed by atoms with van der Waals surface area (Å²) in [5, 5.41) is 8.66. The lowest BCUT2D eigenvalue weighted by molar-refractivity contribution is 0.319. The fraction of sp³-hybridized carbons (Fsp3) is 0.250. The third kappa shape index (κ3) is 3.89. The Kier molecular flexibility index (Phi) is 4.38. The highest BCUT2D eigenvalue weighted by atomic mass is 79.9. The summed E-state index contributed by atoms with van der Waals surface area (Å²) in [6, 6.07) is 7.34.